The molecule has 0 unspecified atom stereocenters. The molecule has 1 aromatic heterocycles. The minimum Gasteiger partial charge on any atom is -0.330 e. The molecule has 0 saturated heterocycles. The van der Waals surface area contributed by atoms with Gasteiger partial charge in [-0.05, 0) is 54.7 Å². The van der Waals surface area contributed by atoms with Crippen molar-refractivity contribution >= 4 is 39.2 Å². The molecule has 0 bridgehead atoms. The smallest absolute Gasteiger partial charge is 0.182 e. The highest BCUT2D eigenvalue weighted by Crippen LogP contribution is 2.23. The monoisotopic (exact) mass is 322 g/mol. The number of benzene rings is 2. The maximum Gasteiger partial charge on any atom is 0.182 e. The molecule has 0 aliphatic heterocycles. The van der Waals surface area contributed by atoms with Crippen molar-refractivity contribution in [2.24, 2.45) is 0 Å². The first-order valence-electron chi connectivity index (χ1n) is 5.31. The number of fused-ring (bicyclic) bond motifs is 1. The summed E-state index contributed by atoms with van der Waals surface area (Å²) in [5, 5.41) is 0. The van der Waals surface area contributed by atoms with Crippen molar-refractivity contribution in [3.63, 3.8) is 0 Å². The zero-order chi connectivity index (χ0) is 12.7. The van der Waals surface area contributed by atoms with Crippen LogP contribution in [0.2, 0.25) is 0 Å². The van der Waals surface area contributed by atoms with Crippen molar-refractivity contribution < 1.29 is 4.39 Å². The van der Waals surface area contributed by atoms with Crippen LogP contribution in [0.5, 0.6) is 0 Å². The van der Waals surface area contributed by atoms with Crippen LogP contribution >= 0.6 is 28.1 Å². The molecule has 0 atom stereocenters. The SMILES string of the molecule is Fc1ccc(-n2c(=S)[nH]c3ccc(Br)cc32)cc1. The summed E-state index contributed by atoms with van der Waals surface area (Å²) in [5.41, 5.74) is 2.75. The number of aromatic nitrogens is 2. The molecule has 2 nitrogen and oxygen atoms in total. The van der Waals surface area contributed by atoms with E-state index in [4.69, 9.17) is 12.2 Å². The van der Waals surface area contributed by atoms with Gasteiger partial charge in [-0.25, -0.2) is 4.39 Å². The van der Waals surface area contributed by atoms with Crippen LogP contribution in [0, 0.1) is 10.6 Å². The fraction of sp³-hybridized carbons (Fsp3) is 0. The molecule has 18 heavy (non-hydrogen) atoms. The van der Waals surface area contributed by atoms with Gasteiger partial charge in [0, 0.05) is 10.2 Å². The highest BCUT2D eigenvalue weighted by Gasteiger charge is 2.06. The van der Waals surface area contributed by atoms with Crippen LogP contribution in [0.3, 0.4) is 0 Å². The minimum atomic E-state index is -0.258. The molecule has 0 fully saturated rings. The molecule has 0 aliphatic carbocycles. The molecule has 5 heteroatoms. The van der Waals surface area contributed by atoms with Crippen molar-refractivity contribution in [2.75, 3.05) is 0 Å². The Morgan fingerprint density at radius 1 is 1.11 bits per heavy atom. The first kappa shape index (κ1) is 11.6. The Balaban J connectivity index is 2.34. The summed E-state index contributed by atoms with van der Waals surface area (Å²) in [6.07, 6.45) is 0. The molecule has 3 aromatic rings. The van der Waals surface area contributed by atoms with Crippen LogP contribution in [-0.4, -0.2) is 9.55 Å². The van der Waals surface area contributed by atoms with Gasteiger partial charge in [0.2, 0.25) is 0 Å². The second kappa shape index (κ2) is 4.33. The van der Waals surface area contributed by atoms with Gasteiger partial charge >= 0.3 is 0 Å². The average Bonchev–Trinajstić information content (AvgIpc) is 2.66. The largest absolute Gasteiger partial charge is 0.330 e. The van der Waals surface area contributed by atoms with Gasteiger partial charge in [0.25, 0.3) is 0 Å². The molecule has 0 saturated carbocycles. The summed E-state index contributed by atoms with van der Waals surface area (Å²) in [6, 6.07) is 12.1. The minimum absolute atomic E-state index is 0.258. The van der Waals surface area contributed by atoms with Gasteiger partial charge < -0.3 is 4.98 Å². The Bertz CT molecular complexity index is 774. The Morgan fingerprint density at radius 3 is 2.56 bits per heavy atom. The number of rotatable bonds is 1. The van der Waals surface area contributed by atoms with Crippen molar-refractivity contribution in [1.29, 1.82) is 0 Å². The molecular formula is C13H8BrFN2S. The first-order chi connectivity index (χ1) is 8.65. The normalized spacial score (nSPS) is 11.0. The number of halogens is 2. The maximum atomic E-state index is 13.0. The molecule has 90 valence electrons. The van der Waals surface area contributed by atoms with E-state index in [1.54, 1.807) is 12.1 Å². The number of aromatic amines is 1. The van der Waals surface area contributed by atoms with E-state index in [0.29, 0.717) is 4.77 Å². The van der Waals surface area contributed by atoms with E-state index in [-0.39, 0.29) is 5.82 Å². The third-order valence-electron chi connectivity index (χ3n) is 2.73. The van der Waals surface area contributed by atoms with Crippen molar-refractivity contribution in [3.8, 4) is 5.69 Å². The van der Waals surface area contributed by atoms with E-state index < -0.39 is 0 Å². The molecule has 2 aromatic carbocycles. The van der Waals surface area contributed by atoms with Crippen molar-refractivity contribution in [2.45, 2.75) is 0 Å². The predicted octanol–water partition coefficient (Wildman–Crippen LogP) is 4.59. The first-order valence-corrected chi connectivity index (χ1v) is 6.51. The predicted molar refractivity (Wildman–Crippen MR) is 76.1 cm³/mol. The van der Waals surface area contributed by atoms with Gasteiger partial charge in [0.1, 0.15) is 5.82 Å². The summed E-state index contributed by atoms with van der Waals surface area (Å²) < 4.78 is 16.4. The molecule has 0 aliphatic rings. The summed E-state index contributed by atoms with van der Waals surface area (Å²) in [6.45, 7) is 0. The van der Waals surface area contributed by atoms with E-state index in [0.717, 1.165) is 21.2 Å². The highest BCUT2D eigenvalue weighted by molar-refractivity contribution is 9.10. The van der Waals surface area contributed by atoms with E-state index in [1.807, 2.05) is 22.8 Å². The van der Waals surface area contributed by atoms with E-state index >= 15 is 0 Å². The van der Waals surface area contributed by atoms with Gasteiger partial charge in [-0.15, -0.1) is 0 Å². The second-order valence-electron chi connectivity index (χ2n) is 3.90. The van der Waals surface area contributed by atoms with E-state index in [9.17, 15) is 4.39 Å². The summed E-state index contributed by atoms with van der Waals surface area (Å²) in [5.74, 6) is -0.258. The number of hydrogen-bond acceptors (Lipinski definition) is 1. The van der Waals surface area contributed by atoms with Crippen LogP contribution in [0.1, 0.15) is 0 Å². The Morgan fingerprint density at radius 2 is 1.83 bits per heavy atom. The summed E-state index contributed by atoms with van der Waals surface area (Å²) >= 11 is 8.75. The number of hydrogen-bond donors (Lipinski definition) is 1. The second-order valence-corrected chi connectivity index (χ2v) is 5.21. The van der Waals surface area contributed by atoms with Gasteiger partial charge in [0.15, 0.2) is 4.77 Å². The van der Waals surface area contributed by atoms with Gasteiger partial charge in [-0.2, -0.15) is 0 Å². The van der Waals surface area contributed by atoms with Crippen molar-refractivity contribution in [1.82, 2.24) is 9.55 Å². The lowest BCUT2D eigenvalue weighted by Crippen LogP contribution is -1.93. The van der Waals surface area contributed by atoms with Crippen LogP contribution in [0.4, 0.5) is 4.39 Å². The topological polar surface area (TPSA) is 20.7 Å². The molecule has 0 amide bonds. The van der Waals surface area contributed by atoms with Gasteiger partial charge in [-0.1, -0.05) is 15.9 Å². The molecular weight excluding hydrogens is 315 g/mol. The van der Waals surface area contributed by atoms with Crippen molar-refractivity contribution in [3.05, 3.63) is 57.5 Å². The Hall–Kier alpha value is -1.46. The fourth-order valence-corrected chi connectivity index (χ4v) is 2.59. The van der Waals surface area contributed by atoms with Gasteiger partial charge in [0.05, 0.1) is 11.0 Å². The van der Waals surface area contributed by atoms with Crippen LogP contribution in [0.15, 0.2) is 46.9 Å². The molecule has 1 N–H and O–H groups in total. The highest BCUT2D eigenvalue weighted by atomic mass is 79.9. The third kappa shape index (κ3) is 1.89. The quantitative estimate of drug-likeness (QED) is 0.650. The van der Waals surface area contributed by atoms with Crippen LogP contribution < -0.4 is 0 Å². The molecule has 0 radical (unpaired) electrons. The zero-order valence-corrected chi connectivity index (χ0v) is 11.6. The maximum absolute atomic E-state index is 13.0. The lowest BCUT2D eigenvalue weighted by atomic mass is 10.3. The van der Waals surface area contributed by atoms with Gasteiger partial charge in [-0.3, -0.25) is 4.57 Å². The third-order valence-corrected chi connectivity index (χ3v) is 3.51. The number of imidazole rings is 1. The molecule has 0 spiro atoms. The number of nitrogens with zero attached hydrogens (tertiary/aromatic N) is 1. The van der Waals surface area contributed by atoms with Crippen LogP contribution in [-0.2, 0) is 0 Å². The summed E-state index contributed by atoms with van der Waals surface area (Å²) in [4.78, 5) is 3.13. The Kier molecular flexibility index (Phi) is 2.80. The average molecular weight is 323 g/mol. The molecule has 1 heterocycles. The fourth-order valence-electron chi connectivity index (χ4n) is 1.92. The lowest BCUT2D eigenvalue weighted by molar-refractivity contribution is 0.627. The standard InChI is InChI=1S/C13H8BrFN2S/c14-8-1-6-11-12(7-8)17(13(18)16-11)10-4-2-9(15)3-5-10/h1-7H,(H,16,18). The zero-order valence-electron chi connectivity index (χ0n) is 9.15. The van der Waals surface area contributed by atoms with E-state index in [2.05, 4.69) is 20.9 Å². The Labute approximate surface area is 116 Å². The van der Waals surface area contributed by atoms with Crippen LogP contribution in [0.25, 0.3) is 16.7 Å². The lowest BCUT2D eigenvalue weighted by Gasteiger charge is -2.04. The number of nitrogens with one attached hydrogen (secondary N) is 1. The summed E-state index contributed by atoms with van der Waals surface area (Å²) in [7, 11) is 0. The van der Waals surface area contributed by atoms with E-state index in [1.165, 1.54) is 12.1 Å². The number of H-pyrrole nitrogens is 1. The molecule has 3 rings (SSSR count).